The number of amides is 1. The number of anilines is 1. The van der Waals surface area contributed by atoms with Gasteiger partial charge in [0.2, 0.25) is 5.91 Å². The van der Waals surface area contributed by atoms with Crippen LogP contribution < -0.4 is 10.1 Å². The predicted molar refractivity (Wildman–Crippen MR) is 96.2 cm³/mol. The predicted octanol–water partition coefficient (Wildman–Crippen LogP) is 2.58. The molecule has 8 nitrogen and oxygen atoms in total. The highest BCUT2D eigenvalue weighted by Crippen LogP contribution is 2.29. The summed E-state index contributed by atoms with van der Waals surface area (Å²) in [6, 6.07) is 9.93. The molecule has 0 aliphatic heterocycles. The fourth-order valence-electron chi connectivity index (χ4n) is 2.27. The molecule has 26 heavy (non-hydrogen) atoms. The molecule has 0 aliphatic rings. The van der Waals surface area contributed by atoms with Crippen LogP contribution in [0.2, 0.25) is 0 Å². The average Bonchev–Trinajstić information content (AvgIpc) is 2.62. The van der Waals surface area contributed by atoms with Crippen LogP contribution >= 0.6 is 0 Å². The van der Waals surface area contributed by atoms with Gasteiger partial charge in [-0.15, -0.1) is 0 Å². The van der Waals surface area contributed by atoms with Crippen LogP contribution in [0.1, 0.15) is 12.5 Å². The molecule has 0 fully saturated rings. The highest BCUT2D eigenvalue weighted by Gasteiger charge is 2.15. The van der Waals surface area contributed by atoms with Gasteiger partial charge in [0.25, 0.3) is 5.69 Å². The lowest BCUT2D eigenvalue weighted by Gasteiger charge is -2.10. The van der Waals surface area contributed by atoms with E-state index in [4.69, 9.17) is 4.74 Å². The largest absolute Gasteiger partial charge is 0.495 e. The molecule has 0 aromatic heterocycles. The van der Waals surface area contributed by atoms with Crippen LogP contribution in [0.4, 0.5) is 11.4 Å². The maximum absolute atomic E-state index is 12.2. The smallest absolute Gasteiger partial charge is 0.271 e. The van der Waals surface area contributed by atoms with E-state index in [0.717, 1.165) is 0 Å². The molecule has 2 aromatic carbocycles. The first-order chi connectivity index (χ1) is 12.3. The monoisotopic (exact) mass is 378 g/mol. The van der Waals surface area contributed by atoms with Crippen molar-refractivity contribution in [2.24, 2.45) is 0 Å². The van der Waals surface area contributed by atoms with Gasteiger partial charge in [-0.3, -0.25) is 14.9 Å². The molecule has 0 bridgehead atoms. The Labute approximate surface area is 150 Å². The van der Waals surface area contributed by atoms with Crippen molar-refractivity contribution >= 4 is 27.1 Å². The van der Waals surface area contributed by atoms with Crippen molar-refractivity contribution < 1.29 is 22.9 Å². The molecule has 9 heteroatoms. The minimum atomic E-state index is -3.29. The minimum Gasteiger partial charge on any atom is -0.495 e. The maximum Gasteiger partial charge on any atom is 0.271 e. The molecular weight excluding hydrogens is 360 g/mol. The number of sulfone groups is 1. The highest BCUT2D eigenvalue weighted by molar-refractivity contribution is 7.91. The van der Waals surface area contributed by atoms with Crippen LogP contribution in [0.15, 0.2) is 47.4 Å². The lowest BCUT2D eigenvalue weighted by molar-refractivity contribution is -0.384. The average molecular weight is 378 g/mol. The van der Waals surface area contributed by atoms with Crippen LogP contribution in [0.25, 0.3) is 0 Å². The van der Waals surface area contributed by atoms with Crippen LogP contribution in [-0.2, 0) is 21.1 Å². The molecule has 0 aliphatic carbocycles. The topological polar surface area (TPSA) is 116 Å². The van der Waals surface area contributed by atoms with Gasteiger partial charge in [-0.2, -0.15) is 0 Å². The number of rotatable bonds is 7. The Hall–Kier alpha value is -2.94. The highest BCUT2D eigenvalue weighted by atomic mass is 32.2. The van der Waals surface area contributed by atoms with Crippen LogP contribution in [0.5, 0.6) is 5.75 Å². The Morgan fingerprint density at radius 2 is 1.85 bits per heavy atom. The zero-order chi connectivity index (χ0) is 19.3. The normalized spacial score (nSPS) is 11.0. The molecule has 0 heterocycles. The number of benzene rings is 2. The number of non-ortho nitro benzene ring substituents is 1. The van der Waals surface area contributed by atoms with E-state index in [0.29, 0.717) is 11.3 Å². The summed E-state index contributed by atoms with van der Waals surface area (Å²) in [6.45, 7) is 1.56. The van der Waals surface area contributed by atoms with Gasteiger partial charge >= 0.3 is 0 Å². The Balaban J connectivity index is 2.14. The van der Waals surface area contributed by atoms with Gasteiger partial charge in [0, 0.05) is 12.1 Å². The van der Waals surface area contributed by atoms with Crippen LogP contribution in [0.3, 0.4) is 0 Å². The van der Waals surface area contributed by atoms with E-state index in [1.807, 2.05) is 0 Å². The third-order valence-electron chi connectivity index (χ3n) is 3.70. The maximum atomic E-state index is 12.2. The minimum absolute atomic E-state index is 0.000581. The van der Waals surface area contributed by atoms with Crippen molar-refractivity contribution in [3.05, 3.63) is 58.1 Å². The number of carbonyl (C=O) groups excluding carboxylic acids is 1. The molecule has 0 unspecified atom stereocenters. The Bertz CT molecular complexity index is 923. The number of hydrogen-bond acceptors (Lipinski definition) is 6. The quantitative estimate of drug-likeness (QED) is 0.585. The second kappa shape index (κ2) is 7.96. The zero-order valence-electron chi connectivity index (χ0n) is 14.3. The van der Waals surface area contributed by atoms with Gasteiger partial charge < -0.3 is 10.1 Å². The molecule has 1 N–H and O–H groups in total. The number of methoxy groups -OCH3 is 1. The lowest BCUT2D eigenvalue weighted by atomic mass is 10.1. The van der Waals surface area contributed by atoms with E-state index in [9.17, 15) is 23.3 Å². The summed E-state index contributed by atoms with van der Waals surface area (Å²) in [7, 11) is -1.90. The molecule has 0 saturated carbocycles. The number of nitrogens with one attached hydrogen (secondary N) is 1. The molecule has 2 aromatic rings. The van der Waals surface area contributed by atoms with Gasteiger partial charge in [0.1, 0.15) is 5.75 Å². The van der Waals surface area contributed by atoms with Gasteiger partial charge in [-0.05, 0) is 23.8 Å². The third-order valence-corrected chi connectivity index (χ3v) is 5.45. The fourth-order valence-corrected chi connectivity index (χ4v) is 3.15. The molecule has 0 saturated heterocycles. The number of ether oxygens (including phenoxy) is 1. The van der Waals surface area contributed by atoms with Crippen molar-refractivity contribution in [2.75, 3.05) is 18.2 Å². The lowest BCUT2D eigenvalue weighted by Crippen LogP contribution is -2.15. The first-order valence-electron chi connectivity index (χ1n) is 7.70. The van der Waals surface area contributed by atoms with Crippen molar-refractivity contribution in [1.82, 2.24) is 0 Å². The van der Waals surface area contributed by atoms with Crippen molar-refractivity contribution in [3.8, 4) is 5.75 Å². The Morgan fingerprint density at radius 1 is 1.19 bits per heavy atom. The molecule has 0 atom stereocenters. The van der Waals surface area contributed by atoms with Gasteiger partial charge in [0.15, 0.2) is 9.84 Å². The van der Waals surface area contributed by atoms with Crippen LogP contribution in [-0.4, -0.2) is 32.1 Å². The van der Waals surface area contributed by atoms with Gasteiger partial charge in [-0.1, -0.05) is 19.1 Å². The summed E-state index contributed by atoms with van der Waals surface area (Å²) in [5.74, 6) is -0.109. The molecule has 1 amide bonds. The summed E-state index contributed by atoms with van der Waals surface area (Å²) in [4.78, 5) is 22.7. The zero-order valence-corrected chi connectivity index (χ0v) is 15.1. The second-order valence-corrected chi connectivity index (χ2v) is 7.69. The summed E-state index contributed by atoms with van der Waals surface area (Å²) in [5, 5.41) is 13.4. The summed E-state index contributed by atoms with van der Waals surface area (Å²) >= 11 is 0. The van der Waals surface area contributed by atoms with E-state index >= 15 is 0 Å². The van der Waals surface area contributed by atoms with Crippen molar-refractivity contribution in [2.45, 2.75) is 18.2 Å². The second-order valence-electron chi connectivity index (χ2n) is 5.41. The number of hydrogen-bond donors (Lipinski definition) is 1. The van der Waals surface area contributed by atoms with E-state index in [1.54, 1.807) is 19.1 Å². The number of nitro benzene ring substituents is 1. The van der Waals surface area contributed by atoms with Crippen LogP contribution in [0, 0.1) is 10.1 Å². The number of carbonyl (C=O) groups is 1. The third kappa shape index (κ3) is 4.57. The van der Waals surface area contributed by atoms with Crippen molar-refractivity contribution in [1.29, 1.82) is 0 Å². The van der Waals surface area contributed by atoms with Gasteiger partial charge in [-0.25, -0.2) is 8.42 Å². The molecule has 0 spiro atoms. The SMILES string of the molecule is CCS(=O)(=O)c1ccc(CC(=O)Nc2cc([N+](=O)[O-])ccc2OC)cc1. The fraction of sp³-hybridized carbons (Fsp3) is 0.235. The molecule has 2 rings (SSSR count). The first-order valence-corrected chi connectivity index (χ1v) is 9.36. The molecular formula is C17H18N2O6S. The van der Waals surface area contributed by atoms with E-state index in [1.165, 1.54) is 37.4 Å². The summed E-state index contributed by atoms with van der Waals surface area (Å²) < 4.78 is 28.7. The number of nitrogens with zero attached hydrogens (tertiary/aromatic N) is 1. The van der Waals surface area contributed by atoms with E-state index < -0.39 is 20.7 Å². The van der Waals surface area contributed by atoms with Crippen molar-refractivity contribution in [3.63, 3.8) is 0 Å². The summed E-state index contributed by atoms with van der Waals surface area (Å²) in [5.41, 5.74) is 0.633. The molecule has 0 radical (unpaired) electrons. The van der Waals surface area contributed by atoms with E-state index in [-0.39, 0.29) is 28.4 Å². The number of nitro groups is 1. The summed E-state index contributed by atoms with van der Waals surface area (Å²) in [6.07, 6.45) is -0.0156. The first kappa shape index (κ1) is 19.4. The van der Waals surface area contributed by atoms with Gasteiger partial charge in [0.05, 0.1) is 34.8 Å². The van der Waals surface area contributed by atoms with E-state index in [2.05, 4.69) is 5.32 Å². The Morgan fingerprint density at radius 3 is 2.38 bits per heavy atom. The Kier molecular flexibility index (Phi) is 5.93. The molecule has 138 valence electrons. The standard InChI is InChI=1S/C17H18N2O6S/c1-3-26(23,24)14-7-4-12(5-8-14)10-17(20)18-15-11-13(19(21)22)6-9-16(15)25-2/h4-9,11H,3,10H2,1-2H3,(H,18,20).